The molecule has 1 rings (SSSR count). The van der Waals surface area contributed by atoms with E-state index >= 15 is 0 Å². The number of aryl methyl sites for hydroxylation is 1. The van der Waals surface area contributed by atoms with Crippen molar-refractivity contribution in [3.05, 3.63) is 28.2 Å². The third kappa shape index (κ3) is 2.98. The van der Waals surface area contributed by atoms with Gasteiger partial charge in [0.2, 0.25) is 0 Å². The predicted octanol–water partition coefficient (Wildman–Crippen LogP) is 3.35. The maximum Gasteiger partial charge on any atom is 0.0453 e. The van der Waals surface area contributed by atoms with Gasteiger partial charge in [-0.15, -0.1) is 0 Å². The summed E-state index contributed by atoms with van der Waals surface area (Å²) < 4.78 is 1.08. The highest BCUT2D eigenvalue weighted by atomic mass is 79.9. The van der Waals surface area contributed by atoms with Gasteiger partial charge in [-0.2, -0.15) is 0 Å². The van der Waals surface area contributed by atoms with Crippen LogP contribution in [0.15, 0.2) is 22.7 Å². The molecule has 0 unspecified atom stereocenters. The van der Waals surface area contributed by atoms with Crippen LogP contribution in [0.4, 0.5) is 5.69 Å². The van der Waals surface area contributed by atoms with Gasteiger partial charge in [-0.05, 0) is 44.9 Å². The van der Waals surface area contributed by atoms with Crippen molar-refractivity contribution in [3.63, 3.8) is 0 Å². The Hall–Kier alpha value is -0.540. The minimum atomic E-state index is -0.0414. The molecular weight excluding hydrogens is 266 g/mol. The van der Waals surface area contributed by atoms with Crippen LogP contribution < -0.4 is 4.90 Å². The van der Waals surface area contributed by atoms with E-state index in [4.69, 9.17) is 5.11 Å². The Morgan fingerprint density at radius 2 is 2.00 bits per heavy atom. The Kier molecular flexibility index (Phi) is 4.39. The van der Waals surface area contributed by atoms with Crippen LogP contribution in [0.2, 0.25) is 0 Å². The number of hydrogen-bond acceptors (Lipinski definition) is 2. The molecule has 0 radical (unpaired) electrons. The van der Waals surface area contributed by atoms with Crippen LogP contribution in [-0.2, 0) is 0 Å². The lowest BCUT2D eigenvalue weighted by atomic mass is 9.97. The molecule has 16 heavy (non-hydrogen) atoms. The molecule has 0 amide bonds. The zero-order chi connectivity index (χ0) is 12.3. The first-order valence-corrected chi connectivity index (χ1v) is 6.28. The molecule has 0 atom stereocenters. The summed E-state index contributed by atoms with van der Waals surface area (Å²) >= 11 is 3.49. The third-order valence-electron chi connectivity index (χ3n) is 3.16. The monoisotopic (exact) mass is 285 g/mol. The van der Waals surface area contributed by atoms with Crippen molar-refractivity contribution in [2.45, 2.75) is 32.7 Å². The average molecular weight is 286 g/mol. The summed E-state index contributed by atoms with van der Waals surface area (Å²) in [6, 6.07) is 6.27. The normalized spacial score (nSPS) is 11.6. The molecule has 0 spiro atoms. The predicted molar refractivity (Wildman–Crippen MR) is 73.1 cm³/mol. The fourth-order valence-corrected chi connectivity index (χ4v) is 2.06. The third-order valence-corrected chi connectivity index (χ3v) is 3.66. The van der Waals surface area contributed by atoms with Gasteiger partial charge in [0.25, 0.3) is 0 Å². The van der Waals surface area contributed by atoms with Crippen molar-refractivity contribution < 1.29 is 5.11 Å². The number of aliphatic hydroxyl groups is 1. The molecule has 0 saturated heterocycles. The smallest absolute Gasteiger partial charge is 0.0453 e. The van der Waals surface area contributed by atoms with Crippen molar-refractivity contribution in [2.24, 2.45) is 0 Å². The minimum absolute atomic E-state index is 0.0414. The van der Waals surface area contributed by atoms with E-state index in [2.05, 4.69) is 60.8 Å². The first-order valence-electron chi connectivity index (χ1n) is 5.49. The summed E-state index contributed by atoms with van der Waals surface area (Å²) in [5, 5.41) is 9.09. The molecule has 3 heteroatoms. The molecule has 2 nitrogen and oxygen atoms in total. The van der Waals surface area contributed by atoms with Crippen LogP contribution in [0.3, 0.4) is 0 Å². The molecule has 0 aliphatic rings. The fraction of sp³-hybridized carbons (Fsp3) is 0.538. The molecule has 0 aromatic heterocycles. The fourth-order valence-electron chi connectivity index (χ4n) is 1.71. The Labute approximate surface area is 106 Å². The molecule has 1 N–H and O–H groups in total. The van der Waals surface area contributed by atoms with Gasteiger partial charge >= 0.3 is 0 Å². The molecule has 0 fully saturated rings. The second-order valence-electron chi connectivity index (χ2n) is 4.78. The van der Waals surface area contributed by atoms with Gasteiger partial charge in [0.1, 0.15) is 0 Å². The SMILES string of the molecule is Cc1ccc(Br)cc1N(C)C(C)(C)CCO. The molecule has 1 aromatic rings. The van der Waals surface area contributed by atoms with Gasteiger partial charge in [-0.3, -0.25) is 0 Å². The van der Waals surface area contributed by atoms with Gasteiger partial charge in [0.05, 0.1) is 0 Å². The maximum atomic E-state index is 9.09. The Morgan fingerprint density at radius 1 is 1.38 bits per heavy atom. The summed E-state index contributed by atoms with van der Waals surface area (Å²) in [6.07, 6.45) is 0.759. The summed E-state index contributed by atoms with van der Waals surface area (Å²) in [5.41, 5.74) is 2.41. The molecule has 1 aromatic carbocycles. The van der Waals surface area contributed by atoms with Crippen molar-refractivity contribution in [1.29, 1.82) is 0 Å². The number of halogens is 1. The number of rotatable bonds is 4. The Bertz CT molecular complexity index is 363. The zero-order valence-corrected chi connectivity index (χ0v) is 12.0. The summed E-state index contributed by atoms with van der Waals surface area (Å²) in [5.74, 6) is 0. The van der Waals surface area contributed by atoms with Gasteiger partial charge in [-0.1, -0.05) is 22.0 Å². The van der Waals surface area contributed by atoms with Gasteiger partial charge in [0, 0.05) is 29.4 Å². The summed E-state index contributed by atoms with van der Waals surface area (Å²) in [6.45, 7) is 6.60. The van der Waals surface area contributed by atoms with Crippen LogP contribution in [-0.4, -0.2) is 24.3 Å². The average Bonchev–Trinajstić information content (AvgIpc) is 2.20. The highest BCUT2D eigenvalue weighted by Gasteiger charge is 2.24. The minimum Gasteiger partial charge on any atom is -0.396 e. The van der Waals surface area contributed by atoms with Gasteiger partial charge in [-0.25, -0.2) is 0 Å². The van der Waals surface area contributed by atoms with Crippen LogP contribution in [0.1, 0.15) is 25.8 Å². The lowest BCUT2D eigenvalue weighted by Crippen LogP contribution is -2.42. The van der Waals surface area contributed by atoms with Gasteiger partial charge in [0.15, 0.2) is 0 Å². The maximum absolute atomic E-state index is 9.09. The Morgan fingerprint density at radius 3 is 2.56 bits per heavy atom. The second-order valence-corrected chi connectivity index (χ2v) is 5.69. The number of hydrogen-bond donors (Lipinski definition) is 1. The molecule has 0 saturated carbocycles. The molecule has 90 valence electrons. The highest BCUT2D eigenvalue weighted by molar-refractivity contribution is 9.10. The van der Waals surface area contributed by atoms with Crippen LogP contribution in [0.25, 0.3) is 0 Å². The van der Waals surface area contributed by atoms with Crippen LogP contribution >= 0.6 is 15.9 Å². The Balaban J connectivity index is 3.03. The van der Waals surface area contributed by atoms with Crippen molar-refractivity contribution >= 4 is 21.6 Å². The lowest BCUT2D eigenvalue weighted by Gasteiger charge is -2.38. The van der Waals surface area contributed by atoms with Crippen LogP contribution in [0, 0.1) is 6.92 Å². The number of nitrogens with zero attached hydrogens (tertiary/aromatic N) is 1. The van der Waals surface area contributed by atoms with E-state index in [0.717, 1.165) is 10.9 Å². The topological polar surface area (TPSA) is 23.5 Å². The lowest BCUT2D eigenvalue weighted by molar-refractivity contribution is 0.250. The largest absolute Gasteiger partial charge is 0.396 e. The molecule has 0 aliphatic carbocycles. The zero-order valence-electron chi connectivity index (χ0n) is 10.4. The number of anilines is 1. The highest BCUT2D eigenvalue weighted by Crippen LogP contribution is 2.30. The molecular formula is C13H20BrNO. The van der Waals surface area contributed by atoms with E-state index in [1.54, 1.807) is 0 Å². The summed E-state index contributed by atoms with van der Waals surface area (Å²) in [7, 11) is 2.07. The van der Waals surface area contributed by atoms with E-state index in [-0.39, 0.29) is 12.1 Å². The number of benzene rings is 1. The van der Waals surface area contributed by atoms with Gasteiger partial charge < -0.3 is 10.0 Å². The van der Waals surface area contributed by atoms with E-state index in [0.29, 0.717) is 0 Å². The first kappa shape index (κ1) is 13.5. The first-order chi connectivity index (χ1) is 7.38. The van der Waals surface area contributed by atoms with Crippen molar-refractivity contribution in [2.75, 3.05) is 18.6 Å². The van der Waals surface area contributed by atoms with E-state index in [1.807, 2.05) is 6.07 Å². The van der Waals surface area contributed by atoms with Crippen molar-refractivity contribution in [1.82, 2.24) is 0 Å². The van der Waals surface area contributed by atoms with E-state index in [1.165, 1.54) is 11.3 Å². The van der Waals surface area contributed by atoms with E-state index in [9.17, 15) is 0 Å². The number of aliphatic hydroxyl groups excluding tert-OH is 1. The van der Waals surface area contributed by atoms with Crippen LogP contribution in [0.5, 0.6) is 0 Å². The van der Waals surface area contributed by atoms with Crippen molar-refractivity contribution in [3.8, 4) is 0 Å². The quantitative estimate of drug-likeness (QED) is 0.917. The summed E-state index contributed by atoms with van der Waals surface area (Å²) in [4.78, 5) is 2.23. The standard InChI is InChI=1S/C13H20BrNO/c1-10-5-6-11(14)9-12(10)15(4)13(2,3)7-8-16/h5-6,9,16H,7-8H2,1-4H3. The molecule has 0 bridgehead atoms. The second kappa shape index (κ2) is 5.19. The molecule has 0 heterocycles. The molecule has 0 aliphatic heterocycles. The van der Waals surface area contributed by atoms with E-state index < -0.39 is 0 Å².